The van der Waals surface area contributed by atoms with E-state index in [1.54, 1.807) is 0 Å². The topological polar surface area (TPSA) is 0 Å². The average molecular weight is 83.2 g/mol. The number of hydrogen-bond donors (Lipinski definition) is 0. The second-order valence-electron chi connectivity index (χ2n) is 0.827. The van der Waals surface area contributed by atoms with E-state index in [1.807, 2.05) is 6.08 Å². The van der Waals surface area contributed by atoms with Crippen LogP contribution >= 0.6 is 0 Å². The van der Waals surface area contributed by atoms with Gasteiger partial charge in [-0.2, -0.15) is 0 Å². The minimum absolute atomic E-state index is 1.03. The van der Waals surface area contributed by atoms with E-state index < -0.39 is 0 Å². The van der Waals surface area contributed by atoms with Gasteiger partial charge in [-0.3, -0.25) is 0 Å². The molecule has 0 spiro atoms. The zero-order valence-electron chi connectivity index (χ0n) is 3.20. The van der Waals surface area contributed by atoms with Crippen molar-refractivity contribution in [3.63, 3.8) is 0 Å². The summed E-state index contributed by atoms with van der Waals surface area (Å²) in [6.45, 7) is 3.52. The zero-order chi connectivity index (χ0) is 4.12. The second-order valence-corrected chi connectivity index (χ2v) is 1.33. The summed E-state index contributed by atoms with van der Waals surface area (Å²) in [5.41, 5.74) is 0. The van der Waals surface area contributed by atoms with Crippen molar-refractivity contribution < 1.29 is 0 Å². The summed E-state index contributed by atoms with van der Waals surface area (Å²) in [6.07, 6.45) is 2.95. The van der Waals surface area contributed by atoms with E-state index in [-0.39, 0.29) is 0 Å². The number of allylic oxidation sites excluding steroid dienone is 1. The molecule has 0 rings (SSSR count). The molecule has 0 fully saturated rings. The minimum Gasteiger partial charge on any atom is -0.103 e. The van der Waals surface area contributed by atoms with E-state index in [9.17, 15) is 0 Å². The lowest BCUT2D eigenvalue weighted by Gasteiger charge is -1.72. The first kappa shape index (κ1) is 4.96. The summed E-state index contributed by atoms with van der Waals surface area (Å²) < 4.78 is 0. The molecule has 0 amide bonds. The highest BCUT2D eigenvalue weighted by Gasteiger charge is 1.62. The molecule has 1 heteroatoms. The van der Waals surface area contributed by atoms with Crippen molar-refractivity contribution in [3.8, 4) is 0 Å². The molecular weight excluding hydrogens is 76.1 g/mol. The summed E-state index contributed by atoms with van der Waals surface area (Å²) in [4.78, 5) is 0. The quantitative estimate of drug-likeness (QED) is 0.347. The molecule has 5 heavy (non-hydrogen) atoms. The van der Waals surface area contributed by atoms with Crippen LogP contribution in [-0.2, 0) is 0 Å². The normalized spacial score (nSPS) is 7.40. The predicted molar refractivity (Wildman–Crippen MR) is 25.4 cm³/mol. The lowest BCUT2D eigenvalue weighted by Crippen LogP contribution is -1.58. The minimum atomic E-state index is 1.03. The van der Waals surface area contributed by atoms with Gasteiger partial charge >= 0.3 is 0 Å². The molecule has 0 N–H and O–H groups in total. The van der Waals surface area contributed by atoms with Gasteiger partial charge in [-0.1, -0.05) is 12.1 Å². The van der Waals surface area contributed by atoms with Gasteiger partial charge in [0.2, 0.25) is 0 Å². The van der Waals surface area contributed by atoms with E-state index in [0.717, 1.165) is 12.5 Å². The van der Waals surface area contributed by atoms with Crippen LogP contribution in [0.5, 0.6) is 0 Å². The summed E-state index contributed by atoms with van der Waals surface area (Å²) in [5, 5.41) is 0. The van der Waals surface area contributed by atoms with Crippen molar-refractivity contribution in [3.05, 3.63) is 12.7 Å². The Morgan fingerprint density at radius 2 is 2.40 bits per heavy atom. The Morgan fingerprint density at radius 1 is 1.80 bits per heavy atom. The summed E-state index contributed by atoms with van der Waals surface area (Å²) in [6, 6.07) is 1.03. The maximum Gasteiger partial charge on any atom is 0.0225 e. The molecule has 0 aromatic heterocycles. The Labute approximate surface area is 36.3 Å². The third kappa shape index (κ3) is 3.96. The molecule has 0 aliphatic rings. The monoisotopic (exact) mass is 83.0 g/mol. The first-order chi connectivity index (χ1) is 2.41. The Bertz CT molecular complexity index is 24.8. The molecule has 0 aromatic carbocycles. The fraction of sp³-hybridized carbons (Fsp3) is 0.500. The molecule has 3 radical (unpaired) electrons. The van der Waals surface area contributed by atoms with Gasteiger partial charge in [0, 0.05) is 10.2 Å². The van der Waals surface area contributed by atoms with Gasteiger partial charge in [-0.15, -0.1) is 6.58 Å². The van der Waals surface area contributed by atoms with Crippen molar-refractivity contribution in [2.45, 2.75) is 12.5 Å². The molecule has 0 aromatic rings. The van der Waals surface area contributed by atoms with Crippen LogP contribution < -0.4 is 0 Å². The molecular formula is C4H7Si. The molecule has 0 bridgehead atoms. The molecule has 0 heterocycles. The van der Waals surface area contributed by atoms with Crippen molar-refractivity contribution in [2.75, 3.05) is 0 Å². The van der Waals surface area contributed by atoms with Gasteiger partial charge in [-0.25, -0.2) is 0 Å². The van der Waals surface area contributed by atoms with Gasteiger partial charge < -0.3 is 0 Å². The first-order valence-electron chi connectivity index (χ1n) is 1.67. The van der Waals surface area contributed by atoms with Crippen LogP contribution in [0.15, 0.2) is 12.7 Å². The highest BCUT2D eigenvalue weighted by Crippen LogP contribution is 1.79. The summed E-state index contributed by atoms with van der Waals surface area (Å²) in [5.74, 6) is 0. The largest absolute Gasteiger partial charge is 0.103 e. The van der Waals surface area contributed by atoms with Crippen LogP contribution in [0.3, 0.4) is 0 Å². The van der Waals surface area contributed by atoms with Crippen LogP contribution in [-0.4, -0.2) is 10.2 Å². The molecule has 0 saturated carbocycles. The lowest BCUT2D eigenvalue weighted by molar-refractivity contribution is 1.22. The van der Waals surface area contributed by atoms with Gasteiger partial charge in [0.05, 0.1) is 0 Å². The van der Waals surface area contributed by atoms with E-state index >= 15 is 0 Å². The number of hydrogen-bond acceptors (Lipinski definition) is 0. The van der Waals surface area contributed by atoms with Gasteiger partial charge in [0.25, 0.3) is 0 Å². The third-order valence-electron chi connectivity index (χ3n) is 0.348. The Morgan fingerprint density at radius 3 is 2.40 bits per heavy atom. The Hall–Kier alpha value is -0.0431. The second kappa shape index (κ2) is 3.96. The van der Waals surface area contributed by atoms with Crippen molar-refractivity contribution >= 4 is 10.2 Å². The van der Waals surface area contributed by atoms with Crippen LogP contribution in [0.4, 0.5) is 0 Å². The van der Waals surface area contributed by atoms with E-state index in [0.29, 0.717) is 0 Å². The molecule has 0 saturated heterocycles. The third-order valence-corrected chi connectivity index (χ3v) is 0.637. The Balaban J connectivity index is 2.40. The predicted octanol–water partition coefficient (Wildman–Crippen LogP) is 1.15. The number of rotatable bonds is 2. The van der Waals surface area contributed by atoms with Crippen molar-refractivity contribution in [2.24, 2.45) is 0 Å². The van der Waals surface area contributed by atoms with Crippen LogP contribution in [0.1, 0.15) is 6.42 Å². The SMILES string of the molecule is C=CCC[Si]. The van der Waals surface area contributed by atoms with E-state index in [2.05, 4.69) is 16.8 Å². The summed E-state index contributed by atoms with van der Waals surface area (Å²) >= 11 is 0. The fourth-order valence-electron chi connectivity index (χ4n) is 0.102. The molecule has 0 aliphatic heterocycles. The van der Waals surface area contributed by atoms with Gasteiger partial charge in [-0.05, 0) is 6.42 Å². The van der Waals surface area contributed by atoms with E-state index in [1.165, 1.54) is 0 Å². The molecule has 0 unspecified atom stereocenters. The smallest absolute Gasteiger partial charge is 0.0225 e. The standard InChI is InChI=1S/C4H7Si/c1-2-3-4-5/h2H,1,3-4H2. The van der Waals surface area contributed by atoms with Gasteiger partial charge in [0.1, 0.15) is 0 Å². The van der Waals surface area contributed by atoms with E-state index in [4.69, 9.17) is 0 Å². The Kier molecular flexibility index (Phi) is 3.92. The summed E-state index contributed by atoms with van der Waals surface area (Å²) in [7, 11) is 3.28. The van der Waals surface area contributed by atoms with Crippen LogP contribution in [0, 0.1) is 0 Å². The highest BCUT2D eigenvalue weighted by molar-refractivity contribution is 6.08. The first-order valence-corrected chi connectivity index (χ1v) is 2.38. The van der Waals surface area contributed by atoms with Crippen LogP contribution in [0.25, 0.3) is 0 Å². The highest BCUT2D eigenvalue weighted by atomic mass is 28.1. The molecule has 0 atom stereocenters. The zero-order valence-corrected chi connectivity index (χ0v) is 4.20. The molecule has 0 nitrogen and oxygen atoms in total. The molecule has 0 aliphatic carbocycles. The maximum atomic E-state index is 3.52. The average Bonchev–Trinajstić information content (AvgIpc) is 1.41. The lowest BCUT2D eigenvalue weighted by atomic mass is 10.5. The maximum absolute atomic E-state index is 3.52. The van der Waals surface area contributed by atoms with Crippen molar-refractivity contribution in [1.29, 1.82) is 0 Å². The van der Waals surface area contributed by atoms with Crippen LogP contribution in [0.2, 0.25) is 6.04 Å². The van der Waals surface area contributed by atoms with Crippen molar-refractivity contribution in [1.82, 2.24) is 0 Å². The fourth-order valence-corrected chi connectivity index (χ4v) is 0.306. The van der Waals surface area contributed by atoms with Gasteiger partial charge in [0.15, 0.2) is 0 Å². The molecule has 27 valence electrons.